The maximum Gasteiger partial charge on any atom is 0.417 e. The van der Waals surface area contributed by atoms with Crippen molar-refractivity contribution in [2.45, 2.75) is 37.6 Å². The number of rotatable bonds is 2. The third-order valence-corrected chi connectivity index (χ3v) is 2.06. The van der Waals surface area contributed by atoms with Gasteiger partial charge < -0.3 is 9.84 Å². The van der Waals surface area contributed by atoms with E-state index < -0.39 is 17.9 Å². The van der Waals surface area contributed by atoms with Crippen molar-refractivity contribution in [2.75, 3.05) is 6.61 Å². The molecule has 1 saturated carbocycles. The van der Waals surface area contributed by atoms with Crippen LogP contribution in [0.5, 0.6) is 0 Å². The smallest absolute Gasteiger partial charge is 0.380 e. The summed E-state index contributed by atoms with van der Waals surface area (Å²) in [5.41, 5.74) is -2.49. The summed E-state index contributed by atoms with van der Waals surface area (Å²) in [7, 11) is 0. The van der Waals surface area contributed by atoms with Gasteiger partial charge in [-0.05, 0) is 6.92 Å². The molecule has 0 unspecified atom stereocenters. The zero-order valence-electron chi connectivity index (χ0n) is 6.69. The van der Waals surface area contributed by atoms with Gasteiger partial charge in [0.2, 0.25) is 0 Å². The molecule has 0 radical (unpaired) electrons. The molecule has 0 amide bonds. The minimum Gasteiger partial charge on any atom is -0.380 e. The van der Waals surface area contributed by atoms with Crippen molar-refractivity contribution < 1.29 is 23.0 Å². The van der Waals surface area contributed by atoms with Crippen LogP contribution in [0.25, 0.3) is 0 Å². The Labute approximate surface area is 68.3 Å². The second-order valence-corrected chi connectivity index (χ2v) is 3.01. The minimum absolute atomic E-state index is 0.329. The first-order valence-electron chi connectivity index (χ1n) is 3.80. The molecule has 0 saturated heterocycles. The Morgan fingerprint density at radius 1 is 1.50 bits per heavy atom. The third-order valence-electron chi connectivity index (χ3n) is 2.06. The van der Waals surface area contributed by atoms with Gasteiger partial charge in [-0.2, -0.15) is 13.2 Å². The average Bonchev–Trinajstić information content (AvgIpc) is 1.82. The number of halogens is 3. The molecule has 0 bridgehead atoms. The third kappa shape index (κ3) is 1.56. The lowest BCUT2D eigenvalue weighted by Gasteiger charge is -2.43. The highest BCUT2D eigenvalue weighted by molar-refractivity contribution is 5.00. The van der Waals surface area contributed by atoms with Crippen LogP contribution in [-0.2, 0) is 4.74 Å². The van der Waals surface area contributed by atoms with Crippen LogP contribution in [0.1, 0.15) is 19.8 Å². The molecule has 1 N–H and O–H groups in total. The van der Waals surface area contributed by atoms with Crippen molar-refractivity contribution in [1.82, 2.24) is 0 Å². The van der Waals surface area contributed by atoms with Crippen LogP contribution >= 0.6 is 0 Å². The zero-order chi connectivity index (χ0) is 9.41. The second-order valence-electron chi connectivity index (χ2n) is 3.01. The number of alkyl halides is 3. The lowest BCUT2D eigenvalue weighted by atomic mass is 9.77. The van der Waals surface area contributed by atoms with Crippen LogP contribution in [0, 0.1) is 0 Å². The molecule has 0 aliphatic heterocycles. The first kappa shape index (κ1) is 9.80. The zero-order valence-corrected chi connectivity index (χ0v) is 6.69. The second kappa shape index (κ2) is 2.88. The Morgan fingerprint density at radius 3 is 2.33 bits per heavy atom. The number of ether oxygens (including phenoxy) is 1. The summed E-state index contributed by atoms with van der Waals surface area (Å²) in [5.74, 6) is 0. The SMILES string of the molecule is CCOC1CC(O)(C(F)(F)F)C1. The van der Waals surface area contributed by atoms with Crippen LogP contribution < -0.4 is 0 Å². The van der Waals surface area contributed by atoms with E-state index in [-0.39, 0.29) is 12.8 Å². The largest absolute Gasteiger partial charge is 0.417 e. The van der Waals surface area contributed by atoms with Gasteiger partial charge in [-0.3, -0.25) is 0 Å². The highest BCUT2D eigenvalue weighted by atomic mass is 19.4. The Kier molecular flexibility index (Phi) is 2.35. The molecule has 5 heteroatoms. The number of hydrogen-bond acceptors (Lipinski definition) is 2. The molecule has 0 aromatic rings. The predicted molar refractivity (Wildman–Crippen MR) is 35.7 cm³/mol. The van der Waals surface area contributed by atoms with Crippen LogP contribution in [0.3, 0.4) is 0 Å². The molecule has 72 valence electrons. The fourth-order valence-electron chi connectivity index (χ4n) is 1.28. The van der Waals surface area contributed by atoms with E-state index in [2.05, 4.69) is 0 Å². The topological polar surface area (TPSA) is 29.5 Å². The monoisotopic (exact) mass is 184 g/mol. The van der Waals surface area contributed by atoms with Gasteiger partial charge in [0.05, 0.1) is 6.10 Å². The van der Waals surface area contributed by atoms with Crippen molar-refractivity contribution in [3.8, 4) is 0 Å². The number of aliphatic hydroxyl groups is 1. The first-order valence-corrected chi connectivity index (χ1v) is 3.80. The van der Waals surface area contributed by atoms with Crippen molar-refractivity contribution in [2.24, 2.45) is 0 Å². The molecular weight excluding hydrogens is 173 g/mol. The fraction of sp³-hybridized carbons (Fsp3) is 1.00. The van der Waals surface area contributed by atoms with Crippen LogP contribution in [0.2, 0.25) is 0 Å². The Morgan fingerprint density at radius 2 is 2.00 bits per heavy atom. The molecule has 1 aliphatic rings. The van der Waals surface area contributed by atoms with Crippen molar-refractivity contribution >= 4 is 0 Å². The normalized spacial score (nSPS) is 36.2. The molecule has 0 atom stereocenters. The Bertz CT molecular complexity index is 161. The van der Waals surface area contributed by atoms with E-state index >= 15 is 0 Å². The number of hydrogen-bond donors (Lipinski definition) is 1. The average molecular weight is 184 g/mol. The summed E-state index contributed by atoms with van der Waals surface area (Å²) in [6.07, 6.45) is -5.60. The molecule has 1 rings (SSSR count). The standard InChI is InChI=1S/C7H11F3O2/c1-2-12-5-3-6(11,4-5)7(8,9)10/h5,11H,2-4H2,1H3. The molecule has 12 heavy (non-hydrogen) atoms. The summed E-state index contributed by atoms with van der Waals surface area (Å²) >= 11 is 0. The van der Waals surface area contributed by atoms with Crippen LogP contribution in [0.4, 0.5) is 13.2 Å². The van der Waals surface area contributed by atoms with Crippen molar-refractivity contribution in [1.29, 1.82) is 0 Å². The molecular formula is C7H11F3O2. The van der Waals surface area contributed by atoms with E-state index in [4.69, 9.17) is 9.84 Å². The van der Waals surface area contributed by atoms with Gasteiger partial charge in [0.25, 0.3) is 0 Å². The highest BCUT2D eigenvalue weighted by Crippen LogP contribution is 2.46. The van der Waals surface area contributed by atoms with E-state index in [1.807, 2.05) is 0 Å². The Balaban J connectivity index is 2.40. The summed E-state index contributed by atoms with van der Waals surface area (Å²) in [5, 5.41) is 8.94. The lowest BCUT2D eigenvalue weighted by Crippen LogP contribution is -2.58. The summed E-state index contributed by atoms with van der Waals surface area (Å²) in [6.45, 7) is 2.10. The van der Waals surface area contributed by atoms with E-state index in [1.54, 1.807) is 6.92 Å². The van der Waals surface area contributed by atoms with E-state index in [0.29, 0.717) is 6.61 Å². The van der Waals surface area contributed by atoms with E-state index in [9.17, 15) is 13.2 Å². The maximum atomic E-state index is 12.0. The van der Waals surface area contributed by atoms with Gasteiger partial charge in [0.1, 0.15) is 0 Å². The van der Waals surface area contributed by atoms with E-state index in [0.717, 1.165) is 0 Å². The van der Waals surface area contributed by atoms with Gasteiger partial charge in [0, 0.05) is 19.4 Å². The Hall–Kier alpha value is -0.290. The molecule has 0 aromatic heterocycles. The predicted octanol–water partition coefficient (Wildman–Crippen LogP) is 1.48. The molecule has 0 aromatic carbocycles. The first-order chi connectivity index (χ1) is 5.39. The minimum atomic E-state index is -4.51. The molecule has 1 aliphatic carbocycles. The molecule has 0 heterocycles. The van der Waals surface area contributed by atoms with Crippen LogP contribution in [-0.4, -0.2) is 29.6 Å². The fourth-order valence-corrected chi connectivity index (χ4v) is 1.28. The summed E-state index contributed by atoms with van der Waals surface area (Å²) in [4.78, 5) is 0. The summed E-state index contributed by atoms with van der Waals surface area (Å²) in [6, 6.07) is 0. The molecule has 0 spiro atoms. The van der Waals surface area contributed by atoms with Gasteiger partial charge in [-0.25, -0.2) is 0 Å². The molecule has 2 nitrogen and oxygen atoms in total. The van der Waals surface area contributed by atoms with Gasteiger partial charge in [-0.1, -0.05) is 0 Å². The quantitative estimate of drug-likeness (QED) is 0.704. The lowest BCUT2D eigenvalue weighted by molar-refractivity contribution is -0.310. The maximum absolute atomic E-state index is 12.0. The van der Waals surface area contributed by atoms with Gasteiger partial charge in [-0.15, -0.1) is 0 Å². The molecule has 1 fully saturated rings. The van der Waals surface area contributed by atoms with Crippen molar-refractivity contribution in [3.05, 3.63) is 0 Å². The highest BCUT2D eigenvalue weighted by Gasteiger charge is 2.61. The van der Waals surface area contributed by atoms with Crippen molar-refractivity contribution in [3.63, 3.8) is 0 Å². The van der Waals surface area contributed by atoms with E-state index in [1.165, 1.54) is 0 Å². The van der Waals surface area contributed by atoms with Gasteiger partial charge >= 0.3 is 6.18 Å². The van der Waals surface area contributed by atoms with Gasteiger partial charge in [0.15, 0.2) is 5.60 Å². The summed E-state index contributed by atoms with van der Waals surface area (Å²) < 4.78 is 40.9. The van der Waals surface area contributed by atoms with Crippen LogP contribution in [0.15, 0.2) is 0 Å².